The molecule has 3 aliphatic carbocycles. The van der Waals surface area contributed by atoms with Crippen molar-refractivity contribution >= 4 is 35.1 Å². The van der Waals surface area contributed by atoms with Crippen LogP contribution in [-0.4, -0.2) is 30.3 Å². The molecule has 5 aromatic carbocycles. The van der Waals surface area contributed by atoms with Crippen LogP contribution in [-0.2, 0) is 19.1 Å². The van der Waals surface area contributed by atoms with Gasteiger partial charge in [-0.1, -0.05) is 72.8 Å². The summed E-state index contributed by atoms with van der Waals surface area (Å²) in [4.78, 5) is 54.9. The van der Waals surface area contributed by atoms with Crippen molar-refractivity contribution in [2.45, 2.75) is 11.8 Å². The summed E-state index contributed by atoms with van der Waals surface area (Å²) in [7, 11) is 0. The van der Waals surface area contributed by atoms with Gasteiger partial charge in [-0.3, -0.25) is 14.4 Å². The van der Waals surface area contributed by atoms with Gasteiger partial charge in [-0.05, 0) is 76.9 Å². The number of rotatable bonds is 7. The van der Waals surface area contributed by atoms with Gasteiger partial charge in [-0.15, -0.1) is 0 Å². The predicted molar refractivity (Wildman–Crippen MR) is 174 cm³/mol. The molecule has 9 rings (SSSR count). The first-order valence-corrected chi connectivity index (χ1v) is 15.4. The number of hydrogen-bond donors (Lipinski definition) is 1. The third-order valence-electron chi connectivity index (χ3n) is 9.24. The summed E-state index contributed by atoms with van der Waals surface area (Å²) < 4.78 is 11.1. The fourth-order valence-corrected chi connectivity index (χ4v) is 7.35. The molecule has 4 aliphatic rings. The summed E-state index contributed by atoms with van der Waals surface area (Å²) >= 11 is 0. The van der Waals surface area contributed by atoms with E-state index in [1.165, 1.54) is 17.0 Å². The van der Waals surface area contributed by atoms with E-state index >= 15 is 0 Å². The van der Waals surface area contributed by atoms with Gasteiger partial charge < -0.3 is 14.8 Å². The summed E-state index contributed by atoms with van der Waals surface area (Å²) in [5.74, 6) is -2.02. The molecule has 2 atom stereocenters. The minimum absolute atomic E-state index is 0.128. The molecule has 1 aliphatic heterocycles. The number of carbonyl (C=O) groups is 4. The molecule has 5 aromatic rings. The number of amides is 3. The molecule has 1 fully saturated rings. The van der Waals surface area contributed by atoms with Crippen molar-refractivity contribution in [3.05, 3.63) is 155 Å². The molecule has 8 nitrogen and oxygen atoms in total. The molecule has 1 saturated heterocycles. The maximum absolute atomic E-state index is 14.1. The summed E-state index contributed by atoms with van der Waals surface area (Å²) in [5, 5.41) is 2.70. The van der Waals surface area contributed by atoms with Crippen LogP contribution in [0.1, 0.15) is 44.4 Å². The van der Waals surface area contributed by atoms with Crippen LogP contribution in [0.3, 0.4) is 0 Å². The second kappa shape index (κ2) is 11.4. The summed E-state index contributed by atoms with van der Waals surface area (Å²) in [6.45, 7) is -0.517. The maximum atomic E-state index is 14.1. The number of carbonyl (C=O) groups excluding carboxylic acids is 4. The van der Waals surface area contributed by atoms with Crippen LogP contribution in [0, 0.1) is 11.8 Å². The van der Waals surface area contributed by atoms with Crippen molar-refractivity contribution in [2.75, 3.05) is 16.8 Å². The highest BCUT2D eigenvalue weighted by Gasteiger charge is 2.61. The van der Waals surface area contributed by atoms with E-state index in [-0.39, 0.29) is 29.2 Å². The van der Waals surface area contributed by atoms with Gasteiger partial charge in [0.05, 0.1) is 23.1 Å². The number of imide groups is 1. The van der Waals surface area contributed by atoms with Crippen molar-refractivity contribution in [3.63, 3.8) is 0 Å². The average Bonchev–Trinajstić information content (AvgIpc) is 3.38. The summed E-state index contributed by atoms with van der Waals surface area (Å²) in [6, 6.07) is 38.5. The maximum Gasteiger partial charge on any atom is 0.338 e. The lowest BCUT2D eigenvalue weighted by Gasteiger charge is -2.45. The largest absolute Gasteiger partial charge is 0.457 e. The van der Waals surface area contributed by atoms with Gasteiger partial charge >= 0.3 is 5.97 Å². The first kappa shape index (κ1) is 28.5. The molecule has 230 valence electrons. The quantitative estimate of drug-likeness (QED) is 0.161. The predicted octanol–water partition coefficient (Wildman–Crippen LogP) is 6.67. The van der Waals surface area contributed by atoms with Gasteiger partial charge in [-0.25, -0.2) is 9.69 Å². The Morgan fingerprint density at radius 3 is 1.72 bits per heavy atom. The molecule has 0 spiro atoms. The molecule has 3 amide bonds. The Labute approximate surface area is 270 Å². The van der Waals surface area contributed by atoms with Gasteiger partial charge in [0.2, 0.25) is 11.8 Å². The number of nitrogens with zero attached hydrogens (tertiary/aromatic N) is 1. The first-order valence-electron chi connectivity index (χ1n) is 15.4. The lowest BCUT2D eigenvalue weighted by Crippen LogP contribution is -2.41. The lowest BCUT2D eigenvalue weighted by molar-refractivity contribution is -0.122. The van der Waals surface area contributed by atoms with Crippen molar-refractivity contribution in [3.8, 4) is 11.5 Å². The van der Waals surface area contributed by atoms with E-state index in [2.05, 4.69) is 29.6 Å². The Balaban J connectivity index is 0.955. The third kappa shape index (κ3) is 4.86. The molecule has 0 unspecified atom stereocenters. The van der Waals surface area contributed by atoms with Gasteiger partial charge in [0.25, 0.3) is 5.91 Å². The van der Waals surface area contributed by atoms with E-state index in [0.29, 0.717) is 22.9 Å². The average molecular weight is 621 g/mol. The van der Waals surface area contributed by atoms with Crippen LogP contribution >= 0.6 is 0 Å². The van der Waals surface area contributed by atoms with E-state index < -0.39 is 30.3 Å². The Morgan fingerprint density at radius 1 is 0.617 bits per heavy atom. The molecular formula is C39H28N2O6. The van der Waals surface area contributed by atoms with Crippen LogP contribution in [0.2, 0.25) is 0 Å². The van der Waals surface area contributed by atoms with E-state index in [0.717, 1.165) is 22.3 Å². The SMILES string of the molecule is O=C(COC(=O)c1cccc(N2C(=O)[C@H]3C4c5ccccc5C(c5ccccc54)[C@@H]3C2=O)c1)Nc1ccc(Oc2ccccc2)cc1. The number of nitrogens with one attached hydrogen (secondary N) is 1. The highest BCUT2D eigenvalue weighted by molar-refractivity contribution is 6.23. The number of benzene rings is 5. The van der Waals surface area contributed by atoms with Gasteiger partial charge in [0.15, 0.2) is 6.61 Å². The Bertz CT molecular complexity index is 1940. The molecule has 2 bridgehead atoms. The number of ether oxygens (including phenoxy) is 2. The number of hydrogen-bond acceptors (Lipinski definition) is 6. The summed E-state index contributed by atoms with van der Waals surface area (Å²) in [6.07, 6.45) is 0. The van der Waals surface area contributed by atoms with Gasteiger partial charge in [0, 0.05) is 17.5 Å². The topological polar surface area (TPSA) is 102 Å². The zero-order chi connectivity index (χ0) is 32.1. The van der Waals surface area contributed by atoms with Crippen molar-refractivity contribution in [1.29, 1.82) is 0 Å². The molecule has 1 heterocycles. The van der Waals surface area contributed by atoms with Crippen LogP contribution < -0.4 is 15.0 Å². The van der Waals surface area contributed by atoms with Crippen LogP contribution in [0.4, 0.5) is 11.4 Å². The molecule has 0 saturated carbocycles. The monoisotopic (exact) mass is 620 g/mol. The Morgan fingerprint density at radius 2 is 1.15 bits per heavy atom. The number of esters is 1. The number of para-hydroxylation sites is 1. The van der Waals surface area contributed by atoms with Crippen molar-refractivity contribution in [2.24, 2.45) is 11.8 Å². The highest BCUT2D eigenvalue weighted by atomic mass is 16.5. The molecule has 1 N–H and O–H groups in total. The third-order valence-corrected chi connectivity index (χ3v) is 9.24. The van der Waals surface area contributed by atoms with Crippen molar-refractivity contribution in [1.82, 2.24) is 0 Å². The van der Waals surface area contributed by atoms with E-state index in [1.807, 2.05) is 54.6 Å². The molecule has 0 radical (unpaired) electrons. The second-order valence-electron chi connectivity index (χ2n) is 11.9. The van der Waals surface area contributed by atoms with Crippen LogP contribution in [0.15, 0.2) is 127 Å². The smallest absolute Gasteiger partial charge is 0.338 e. The standard InChI is InChI=1S/C39H28N2O6/c42-32(40-24-17-19-27(20-18-24)47-26-11-2-1-3-12-26)22-46-39(45)23-9-8-10-25(21-23)41-37(43)35-33-28-13-4-5-14-29(28)34(36(35)38(41)44)31-16-7-6-15-30(31)33/h1-21,33-36H,22H2,(H,40,42)/t33?,34?,35-,36-/m0/s1. The van der Waals surface area contributed by atoms with E-state index in [4.69, 9.17) is 9.47 Å². The van der Waals surface area contributed by atoms with Gasteiger partial charge in [-0.2, -0.15) is 0 Å². The first-order chi connectivity index (χ1) is 23.0. The zero-order valence-corrected chi connectivity index (χ0v) is 25.0. The van der Waals surface area contributed by atoms with E-state index in [9.17, 15) is 19.2 Å². The van der Waals surface area contributed by atoms with Crippen LogP contribution in [0.5, 0.6) is 11.5 Å². The molecule has 0 aromatic heterocycles. The minimum atomic E-state index is -0.745. The lowest BCUT2D eigenvalue weighted by atomic mass is 9.55. The summed E-state index contributed by atoms with van der Waals surface area (Å²) in [5.41, 5.74) is 5.31. The zero-order valence-electron chi connectivity index (χ0n) is 25.0. The number of anilines is 2. The molecule has 8 heteroatoms. The highest BCUT2D eigenvalue weighted by Crippen LogP contribution is 2.61. The fraction of sp³-hybridized carbons (Fsp3) is 0.128. The van der Waals surface area contributed by atoms with Crippen molar-refractivity contribution < 1.29 is 28.7 Å². The Hall–Kier alpha value is -6.02. The minimum Gasteiger partial charge on any atom is -0.457 e. The Kier molecular flexibility index (Phi) is 6.90. The second-order valence-corrected chi connectivity index (χ2v) is 11.9. The normalized spacial score (nSPS) is 20.2. The molecule has 47 heavy (non-hydrogen) atoms. The fourth-order valence-electron chi connectivity index (χ4n) is 7.35. The van der Waals surface area contributed by atoms with Gasteiger partial charge in [0.1, 0.15) is 11.5 Å². The van der Waals surface area contributed by atoms with E-state index in [1.54, 1.807) is 36.4 Å². The molecular weight excluding hydrogens is 592 g/mol. The van der Waals surface area contributed by atoms with Crippen LogP contribution in [0.25, 0.3) is 0 Å².